The summed E-state index contributed by atoms with van der Waals surface area (Å²) in [6, 6.07) is 14.5. The van der Waals surface area contributed by atoms with Crippen LogP contribution in [0.1, 0.15) is 10.5 Å². The van der Waals surface area contributed by atoms with E-state index in [1.165, 1.54) is 18.2 Å². The molecule has 1 amide bonds. The molecular weight excluding hydrogens is 324 g/mol. The van der Waals surface area contributed by atoms with Gasteiger partial charge >= 0.3 is 0 Å². The van der Waals surface area contributed by atoms with Crippen LogP contribution in [0.4, 0.5) is 11.4 Å². The number of methoxy groups -OCH3 is 1. The molecule has 0 unspecified atom stereocenters. The summed E-state index contributed by atoms with van der Waals surface area (Å²) in [6.45, 7) is 0. The first-order valence-electron chi connectivity index (χ1n) is 7.33. The summed E-state index contributed by atoms with van der Waals surface area (Å²) in [5, 5.41) is 17.6. The van der Waals surface area contributed by atoms with Crippen LogP contribution < -0.4 is 10.1 Å². The smallest absolute Gasteiger partial charge is 0.276 e. The number of ether oxygens (including phenoxy) is 1. The molecule has 0 fully saturated rings. The third-order valence-corrected chi connectivity index (χ3v) is 3.47. The van der Waals surface area contributed by atoms with Crippen molar-refractivity contribution in [1.29, 1.82) is 0 Å². The molecular formula is C17H14N4O4. The Morgan fingerprint density at radius 2 is 1.96 bits per heavy atom. The highest BCUT2D eigenvalue weighted by Crippen LogP contribution is 2.18. The fourth-order valence-electron chi connectivity index (χ4n) is 2.22. The zero-order valence-corrected chi connectivity index (χ0v) is 13.2. The molecule has 0 saturated heterocycles. The third-order valence-electron chi connectivity index (χ3n) is 3.47. The Labute approximate surface area is 142 Å². The van der Waals surface area contributed by atoms with Gasteiger partial charge in [-0.25, -0.2) is 4.68 Å². The van der Waals surface area contributed by atoms with E-state index in [-0.39, 0.29) is 11.4 Å². The molecule has 25 heavy (non-hydrogen) atoms. The van der Waals surface area contributed by atoms with Gasteiger partial charge in [-0.1, -0.05) is 6.07 Å². The summed E-state index contributed by atoms with van der Waals surface area (Å²) < 4.78 is 6.66. The van der Waals surface area contributed by atoms with E-state index in [9.17, 15) is 14.9 Å². The Balaban J connectivity index is 1.76. The minimum absolute atomic E-state index is 0.0958. The molecule has 0 radical (unpaired) electrons. The van der Waals surface area contributed by atoms with Crippen LogP contribution >= 0.6 is 0 Å². The number of nitro groups is 1. The quantitative estimate of drug-likeness (QED) is 0.569. The van der Waals surface area contributed by atoms with Crippen molar-refractivity contribution >= 4 is 17.3 Å². The molecule has 0 aliphatic rings. The number of benzene rings is 2. The van der Waals surface area contributed by atoms with Crippen molar-refractivity contribution in [2.45, 2.75) is 0 Å². The number of carbonyl (C=O) groups is 1. The van der Waals surface area contributed by atoms with Crippen LogP contribution in [-0.2, 0) is 0 Å². The molecule has 0 atom stereocenters. The topological polar surface area (TPSA) is 99.3 Å². The Hall–Kier alpha value is -3.68. The molecule has 8 heteroatoms. The number of nitro benzene ring substituents is 1. The van der Waals surface area contributed by atoms with Gasteiger partial charge in [0.2, 0.25) is 0 Å². The Morgan fingerprint density at radius 1 is 1.20 bits per heavy atom. The molecule has 0 spiro atoms. The number of hydrogen-bond donors (Lipinski definition) is 1. The highest BCUT2D eigenvalue weighted by atomic mass is 16.6. The number of nitrogens with one attached hydrogen (secondary N) is 1. The normalized spacial score (nSPS) is 10.3. The largest absolute Gasteiger partial charge is 0.497 e. The second-order valence-electron chi connectivity index (χ2n) is 5.11. The lowest BCUT2D eigenvalue weighted by Gasteiger charge is -2.04. The van der Waals surface area contributed by atoms with E-state index in [1.807, 2.05) is 12.1 Å². The van der Waals surface area contributed by atoms with E-state index in [0.29, 0.717) is 5.69 Å². The maximum atomic E-state index is 12.3. The minimum atomic E-state index is -0.520. The molecule has 3 rings (SSSR count). The third kappa shape index (κ3) is 3.63. The number of hydrogen-bond acceptors (Lipinski definition) is 5. The second kappa shape index (κ2) is 6.83. The zero-order chi connectivity index (χ0) is 17.8. The maximum absolute atomic E-state index is 12.3. The van der Waals surface area contributed by atoms with Crippen LogP contribution in [0.15, 0.2) is 60.8 Å². The van der Waals surface area contributed by atoms with Gasteiger partial charge < -0.3 is 10.1 Å². The van der Waals surface area contributed by atoms with Crippen LogP contribution in [0.2, 0.25) is 0 Å². The van der Waals surface area contributed by atoms with Crippen molar-refractivity contribution in [2.24, 2.45) is 0 Å². The van der Waals surface area contributed by atoms with E-state index in [0.717, 1.165) is 11.4 Å². The van der Waals surface area contributed by atoms with Crippen molar-refractivity contribution in [2.75, 3.05) is 12.4 Å². The Kier molecular flexibility index (Phi) is 4.42. The lowest BCUT2D eigenvalue weighted by Crippen LogP contribution is -2.13. The Morgan fingerprint density at radius 3 is 2.64 bits per heavy atom. The fourth-order valence-corrected chi connectivity index (χ4v) is 2.22. The van der Waals surface area contributed by atoms with Crippen LogP contribution in [0.5, 0.6) is 5.75 Å². The van der Waals surface area contributed by atoms with Crippen LogP contribution in [0.25, 0.3) is 5.69 Å². The summed E-state index contributed by atoms with van der Waals surface area (Å²) in [4.78, 5) is 22.5. The molecule has 1 aromatic heterocycles. The van der Waals surface area contributed by atoms with Gasteiger partial charge in [-0.2, -0.15) is 5.10 Å². The van der Waals surface area contributed by atoms with Crippen molar-refractivity contribution < 1.29 is 14.5 Å². The van der Waals surface area contributed by atoms with Gasteiger partial charge in [-0.05, 0) is 36.4 Å². The van der Waals surface area contributed by atoms with Gasteiger partial charge in [0.25, 0.3) is 11.6 Å². The molecule has 126 valence electrons. The Bertz CT molecular complexity index is 918. The number of anilines is 1. The van der Waals surface area contributed by atoms with Gasteiger partial charge in [-0.3, -0.25) is 14.9 Å². The molecule has 1 N–H and O–H groups in total. The van der Waals surface area contributed by atoms with Crippen LogP contribution in [-0.4, -0.2) is 27.7 Å². The second-order valence-corrected chi connectivity index (χ2v) is 5.11. The lowest BCUT2D eigenvalue weighted by molar-refractivity contribution is -0.384. The van der Waals surface area contributed by atoms with Crippen molar-refractivity contribution in [3.63, 3.8) is 0 Å². The van der Waals surface area contributed by atoms with E-state index in [4.69, 9.17) is 4.74 Å². The van der Waals surface area contributed by atoms with Crippen molar-refractivity contribution in [1.82, 2.24) is 9.78 Å². The first-order valence-corrected chi connectivity index (χ1v) is 7.33. The van der Waals surface area contributed by atoms with Crippen molar-refractivity contribution in [3.8, 4) is 11.4 Å². The summed E-state index contributed by atoms with van der Waals surface area (Å²) in [5.41, 5.74) is 1.21. The molecule has 0 aliphatic heterocycles. The molecule has 0 aliphatic carbocycles. The number of nitrogens with zero attached hydrogens (tertiary/aromatic N) is 3. The molecule has 8 nitrogen and oxygen atoms in total. The summed E-state index contributed by atoms with van der Waals surface area (Å²) in [5.74, 6) is 0.271. The van der Waals surface area contributed by atoms with Gasteiger partial charge in [0.05, 0.1) is 17.7 Å². The van der Waals surface area contributed by atoms with E-state index >= 15 is 0 Å². The summed E-state index contributed by atoms with van der Waals surface area (Å²) in [6.07, 6.45) is 1.66. The average Bonchev–Trinajstić information content (AvgIpc) is 3.12. The van der Waals surface area contributed by atoms with Gasteiger partial charge in [-0.15, -0.1) is 0 Å². The monoisotopic (exact) mass is 338 g/mol. The van der Waals surface area contributed by atoms with Crippen molar-refractivity contribution in [3.05, 3.63) is 76.6 Å². The fraction of sp³-hybridized carbons (Fsp3) is 0.0588. The van der Waals surface area contributed by atoms with Gasteiger partial charge in [0, 0.05) is 24.0 Å². The minimum Gasteiger partial charge on any atom is -0.497 e. The highest BCUT2D eigenvalue weighted by Gasteiger charge is 2.12. The standard InChI is InChI=1S/C17H14N4O4/c1-25-15-7-5-13(6-8-15)20-10-9-16(19-20)17(22)18-12-3-2-4-14(11-12)21(23)24/h2-11H,1H3,(H,18,22). The highest BCUT2D eigenvalue weighted by molar-refractivity contribution is 6.02. The van der Waals surface area contributed by atoms with Gasteiger partial charge in [0.1, 0.15) is 5.75 Å². The first kappa shape index (κ1) is 16.2. The predicted octanol–water partition coefficient (Wildman–Crippen LogP) is 3.04. The lowest BCUT2D eigenvalue weighted by atomic mass is 10.2. The number of non-ortho nitro benzene ring substituents is 1. The number of carbonyl (C=O) groups excluding carboxylic acids is 1. The molecule has 2 aromatic carbocycles. The average molecular weight is 338 g/mol. The molecule has 3 aromatic rings. The predicted molar refractivity (Wildman–Crippen MR) is 91.2 cm³/mol. The van der Waals surface area contributed by atoms with Crippen LogP contribution in [0, 0.1) is 10.1 Å². The van der Waals surface area contributed by atoms with Gasteiger partial charge in [0.15, 0.2) is 5.69 Å². The van der Waals surface area contributed by atoms with Crippen LogP contribution in [0.3, 0.4) is 0 Å². The number of rotatable bonds is 5. The zero-order valence-electron chi connectivity index (χ0n) is 13.2. The summed E-state index contributed by atoms with van der Waals surface area (Å²) in [7, 11) is 1.58. The maximum Gasteiger partial charge on any atom is 0.276 e. The molecule has 0 saturated carbocycles. The molecule has 1 heterocycles. The van der Waals surface area contributed by atoms with E-state index < -0.39 is 10.8 Å². The van der Waals surface area contributed by atoms with E-state index in [2.05, 4.69) is 10.4 Å². The summed E-state index contributed by atoms with van der Waals surface area (Å²) >= 11 is 0. The number of amides is 1. The number of aromatic nitrogens is 2. The SMILES string of the molecule is COc1ccc(-n2ccc(C(=O)Nc3cccc([N+](=O)[O-])c3)n2)cc1. The molecule has 0 bridgehead atoms. The first-order chi connectivity index (χ1) is 12.1. The van der Waals surface area contributed by atoms with E-state index in [1.54, 1.807) is 42.3 Å².